The van der Waals surface area contributed by atoms with E-state index in [1.165, 1.54) is 11.8 Å². The van der Waals surface area contributed by atoms with Gasteiger partial charge in [-0.05, 0) is 36.8 Å². The molecule has 0 aliphatic rings. The zero-order chi connectivity index (χ0) is 19.9. The van der Waals surface area contributed by atoms with Crippen molar-refractivity contribution in [2.75, 3.05) is 5.32 Å². The lowest BCUT2D eigenvalue weighted by Crippen LogP contribution is -2.22. The van der Waals surface area contributed by atoms with Gasteiger partial charge in [0.25, 0.3) is 0 Å². The van der Waals surface area contributed by atoms with Crippen LogP contribution in [0.2, 0.25) is 0 Å². The SMILES string of the molecule is CC(C)c1nc(S[C@@H](C)C(=O)Nc2ccc(OCc3ccccc3)cc2)n[nH]1. The van der Waals surface area contributed by atoms with E-state index < -0.39 is 0 Å². The quantitative estimate of drug-likeness (QED) is 0.543. The fourth-order valence-electron chi connectivity index (χ4n) is 2.40. The number of carbonyl (C=O) groups is 1. The summed E-state index contributed by atoms with van der Waals surface area (Å²) in [5, 5.41) is 10.2. The van der Waals surface area contributed by atoms with Crippen LogP contribution in [0, 0.1) is 0 Å². The number of amides is 1. The number of nitrogens with one attached hydrogen (secondary N) is 2. The molecule has 0 unspecified atom stereocenters. The van der Waals surface area contributed by atoms with Crippen molar-refractivity contribution >= 4 is 23.4 Å². The Kier molecular flexibility index (Phi) is 6.71. The number of nitrogens with zero attached hydrogens (tertiary/aromatic N) is 2. The van der Waals surface area contributed by atoms with Gasteiger partial charge in [-0.1, -0.05) is 55.9 Å². The van der Waals surface area contributed by atoms with E-state index in [4.69, 9.17) is 4.74 Å². The molecule has 146 valence electrons. The standard InChI is InChI=1S/C21H24N4O2S/c1-14(2)19-23-21(25-24-19)28-15(3)20(26)22-17-9-11-18(12-10-17)27-13-16-7-5-4-6-8-16/h4-12,14-15H,13H2,1-3H3,(H,22,26)(H,23,24,25)/t15-/m0/s1. The van der Waals surface area contributed by atoms with Gasteiger partial charge >= 0.3 is 0 Å². The second kappa shape index (κ2) is 9.41. The van der Waals surface area contributed by atoms with E-state index in [1.54, 1.807) is 0 Å². The lowest BCUT2D eigenvalue weighted by molar-refractivity contribution is -0.115. The second-order valence-corrected chi connectivity index (χ2v) is 8.01. The van der Waals surface area contributed by atoms with Gasteiger partial charge < -0.3 is 10.1 Å². The smallest absolute Gasteiger partial charge is 0.237 e. The molecular weight excluding hydrogens is 372 g/mol. The average Bonchev–Trinajstić information content (AvgIpc) is 3.17. The van der Waals surface area contributed by atoms with Gasteiger partial charge in [0.1, 0.15) is 18.2 Å². The Hall–Kier alpha value is -2.80. The highest BCUT2D eigenvalue weighted by Crippen LogP contribution is 2.23. The van der Waals surface area contributed by atoms with Crippen LogP contribution in [-0.4, -0.2) is 26.3 Å². The van der Waals surface area contributed by atoms with Gasteiger partial charge in [0.15, 0.2) is 0 Å². The molecule has 0 spiro atoms. The normalized spacial score (nSPS) is 12.0. The van der Waals surface area contributed by atoms with Crippen LogP contribution >= 0.6 is 11.8 Å². The van der Waals surface area contributed by atoms with Gasteiger partial charge in [0.05, 0.1) is 5.25 Å². The van der Waals surface area contributed by atoms with Crippen molar-refractivity contribution in [1.29, 1.82) is 0 Å². The van der Waals surface area contributed by atoms with Crippen LogP contribution in [0.1, 0.15) is 38.1 Å². The van der Waals surface area contributed by atoms with Gasteiger partial charge in [-0.25, -0.2) is 4.98 Å². The number of hydrogen-bond donors (Lipinski definition) is 2. The minimum atomic E-state index is -0.315. The van der Waals surface area contributed by atoms with E-state index in [0.717, 1.165) is 22.8 Å². The zero-order valence-electron chi connectivity index (χ0n) is 16.2. The molecule has 28 heavy (non-hydrogen) atoms. The lowest BCUT2D eigenvalue weighted by atomic mass is 10.2. The minimum absolute atomic E-state index is 0.0983. The minimum Gasteiger partial charge on any atom is -0.489 e. The van der Waals surface area contributed by atoms with E-state index in [0.29, 0.717) is 11.8 Å². The van der Waals surface area contributed by atoms with Crippen LogP contribution in [-0.2, 0) is 11.4 Å². The summed E-state index contributed by atoms with van der Waals surface area (Å²) in [7, 11) is 0. The molecule has 1 atom stereocenters. The van der Waals surface area contributed by atoms with Crippen LogP contribution in [0.15, 0.2) is 59.8 Å². The number of H-pyrrole nitrogens is 1. The summed E-state index contributed by atoms with van der Waals surface area (Å²) in [4.78, 5) is 16.8. The molecular formula is C21H24N4O2S. The third-order valence-electron chi connectivity index (χ3n) is 4.05. The van der Waals surface area contributed by atoms with Gasteiger partial charge in [0.2, 0.25) is 11.1 Å². The molecule has 6 nitrogen and oxygen atoms in total. The highest BCUT2D eigenvalue weighted by Gasteiger charge is 2.18. The maximum Gasteiger partial charge on any atom is 0.237 e. The molecule has 1 heterocycles. The number of anilines is 1. The topological polar surface area (TPSA) is 79.9 Å². The summed E-state index contributed by atoms with van der Waals surface area (Å²) in [5.74, 6) is 1.75. The number of hydrogen-bond acceptors (Lipinski definition) is 5. The highest BCUT2D eigenvalue weighted by molar-refractivity contribution is 8.00. The Morgan fingerprint density at radius 3 is 2.46 bits per heavy atom. The van der Waals surface area contributed by atoms with Crippen molar-refractivity contribution in [2.45, 2.75) is 43.7 Å². The molecule has 1 amide bonds. The molecule has 3 aromatic rings. The number of aromatic nitrogens is 3. The van der Waals surface area contributed by atoms with Crippen molar-refractivity contribution < 1.29 is 9.53 Å². The third kappa shape index (κ3) is 5.60. The van der Waals surface area contributed by atoms with Crippen LogP contribution in [0.5, 0.6) is 5.75 Å². The molecule has 2 aromatic carbocycles. The maximum absolute atomic E-state index is 12.4. The summed E-state index contributed by atoms with van der Waals surface area (Å²) >= 11 is 1.33. The van der Waals surface area contributed by atoms with Crippen molar-refractivity contribution in [3.63, 3.8) is 0 Å². The molecule has 0 saturated heterocycles. The summed E-state index contributed by atoms with van der Waals surface area (Å²) in [6, 6.07) is 17.3. The number of carbonyl (C=O) groups excluding carboxylic acids is 1. The molecule has 2 N–H and O–H groups in total. The predicted octanol–water partition coefficient (Wildman–Crippen LogP) is 4.63. The number of benzene rings is 2. The Morgan fingerprint density at radius 2 is 1.82 bits per heavy atom. The largest absolute Gasteiger partial charge is 0.489 e. The summed E-state index contributed by atoms with van der Waals surface area (Å²) < 4.78 is 5.76. The van der Waals surface area contributed by atoms with Gasteiger partial charge in [-0.2, -0.15) is 0 Å². The summed E-state index contributed by atoms with van der Waals surface area (Å²) in [6.07, 6.45) is 0. The fourth-order valence-corrected chi connectivity index (χ4v) is 3.13. The second-order valence-electron chi connectivity index (χ2n) is 6.71. The molecule has 0 radical (unpaired) electrons. The summed E-state index contributed by atoms with van der Waals surface area (Å²) in [6.45, 7) is 6.43. The molecule has 3 rings (SSSR count). The van der Waals surface area contributed by atoms with Crippen molar-refractivity contribution in [3.8, 4) is 5.75 Å². The van der Waals surface area contributed by atoms with Crippen LogP contribution < -0.4 is 10.1 Å². The molecule has 0 aliphatic carbocycles. The first-order chi connectivity index (χ1) is 13.5. The van der Waals surface area contributed by atoms with E-state index in [1.807, 2.05) is 75.4 Å². The third-order valence-corrected chi connectivity index (χ3v) is 5.01. The van der Waals surface area contributed by atoms with Crippen LogP contribution in [0.25, 0.3) is 0 Å². The van der Waals surface area contributed by atoms with E-state index >= 15 is 0 Å². The average molecular weight is 397 g/mol. The van der Waals surface area contributed by atoms with Crippen molar-refractivity contribution in [2.24, 2.45) is 0 Å². The molecule has 0 bridgehead atoms. The first kappa shape index (κ1) is 19.9. The first-order valence-corrected chi connectivity index (χ1v) is 10.1. The molecule has 1 aromatic heterocycles. The van der Waals surface area contributed by atoms with Gasteiger partial charge in [0, 0.05) is 11.6 Å². The Bertz CT molecular complexity index is 894. The molecule has 0 aliphatic heterocycles. The van der Waals surface area contributed by atoms with Crippen LogP contribution in [0.3, 0.4) is 0 Å². The Labute approximate surface area is 169 Å². The number of rotatable bonds is 8. The van der Waals surface area contributed by atoms with Crippen molar-refractivity contribution in [3.05, 3.63) is 66.0 Å². The van der Waals surface area contributed by atoms with Crippen molar-refractivity contribution in [1.82, 2.24) is 15.2 Å². The van der Waals surface area contributed by atoms with E-state index in [-0.39, 0.29) is 17.1 Å². The number of thioether (sulfide) groups is 1. The van der Waals surface area contributed by atoms with Gasteiger partial charge in [-0.15, -0.1) is 5.10 Å². The van der Waals surface area contributed by atoms with E-state index in [9.17, 15) is 4.79 Å². The zero-order valence-corrected chi connectivity index (χ0v) is 17.0. The number of ether oxygens (including phenoxy) is 1. The monoisotopic (exact) mass is 396 g/mol. The predicted molar refractivity (Wildman–Crippen MR) is 112 cm³/mol. The van der Waals surface area contributed by atoms with Gasteiger partial charge in [-0.3, -0.25) is 9.89 Å². The number of aromatic amines is 1. The molecule has 7 heteroatoms. The fraction of sp³-hybridized carbons (Fsp3) is 0.286. The maximum atomic E-state index is 12.4. The Morgan fingerprint density at radius 1 is 1.11 bits per heavy atom. The summed E-state index contributed by atoms with van der Waals surface area (Å²) in [5.41, 5.74) is 1.83. The van der Waals surface area contributed by atoms with E-state index in [2.05, 4.69) is 20.5 Å². The first-order valence-electron chi connectivity index (χ1n) is 9.18. The molecule has 0 saturated carbocycles. The lowest BCUT2D eigenvalue weighted by Gasteiger charge is -2.11. The highest BCUT2D eigenvalue weighted by atomic mass is 32.2. The Balaban J connectivity index is 1.50. The molecule has 0 fully saturated rings. The van der Waals surface area contributed by atoms with Crippen LogP contribution in [0.4, 0.5) is 5.69 Å².